The monoisotopic (exact) mass is 621 g/mol. The lowest BCUT2D eigenvalue weighted by Crippen LogP contribution is -2.63. The number of aromatic nitrogens is 2. The summed E-state index contributed by atoms with van der Waals surface area (Å²) in [7, 11) is 0. The van der Waals surface area contributed by atoms with Gasteiger partial charge in [-0.15, -0.1) is 0 Å². The Labute approximate surface area is 260 Å². The van der Waals surface area contributed by atoms with Crippen LogP contribution in [0.2, 0.25) is 0 Å². The van der Waals surface area contributed by atoms with Crippen LogP contribution in [0.1, 0.15) is 118 Å². The zero-order chi connectivity index (χ0) is 31.7. The van der Waals surface area contributed by atoms with Crippen molar-refractivity contribution in [2.75, 3.05) is 39.3 Å². The van der Waals surface area contributed by atoms with Gasteiger partial charge in [0, 0.05) is 63.6 Å². The molecule has 4 aliphatic rings. The molecule has 1 aromatic rings. The molecule has 1 spiro atoms. The van der Waals surface area contributed by atoms with Gasteiger partial charge in [-0.3, -0.25) is 9.69 Å². The van der Waals surface area contributed by atoms with E-state index in [-0.39, 0.29) is 34.5 Å². The second kappa shape index (κ2) is 13.1. The molecule has 3 aliphatic heterocycles. The van der Waals surface area contributed by atoms with E-state index in [2.05, 4.69) is 28.7 Å². The Hall–Kier alpha value is -2.43. The van der Waals surface area contributed by atoms with Crippen LogP contribution in [0.4, 0.5) is 18.0 Å². The van der Waals surface area contributed by atoms with Gasteiger partial charge in [0.05, 0.1) is 17.0 Å². The van der Waals surface area contributed by atoms with Crippen molar-refractivity contribution in [1.29, 1.82) is 0 Å². The predicted octanol–water partition coefficient (Wildman–Crippen LogP) is 6.78. The molecular weight excluding hydrogens is 571 g/mol. The zero-order valence-electron chi connectivity index (χ0n) is 27.0. The zero-order valence-corrected chi connectivity index (χ0v) is 27.0. The number of piperidine rings is 2. The summed E-state index contributed by atoms with van der Waals surface area (Å²) in [6.07, 6.45) is 7.98. The molecule has 44 heavy (non-hydrogen) atoms. The van der Waals surface area contributed by atoms with Crippen molar-refractivity contribution in [2.24, 2.45) is 11.8 Å². The summed E-state index contributed by atoms with van der Waals surface area (Å²) in [5.74, 6) is -0.582. The number of alkyl halides is 3. The minimum atomic E-state index is -4.66. The molecule has 1 aliphatic carbocycles. The fraction of sp³-hybridized carbons (Fsp3) is 0.818. The van der Waals surface area contributed by atoms with Gasteiger partial charge in [0.15, 0.2) is 0 Å². The van der Waals surface area contributed by atoms with Gasteiger partial charge in [0.1, 0.15) is 5.60 Å². The smallest absolute Gasteiger partial charge is 0.442 e. The van der Waals surface area contributed by atoms with Crippen molar-refractivity contribution >= 4 is 12.0 Å². The molecule has 11 heteroatoms. The number of hydrogen-bond acceptors (Lipinski definition) is 6. The van der Waals surface area contributed by atoms with Crippen LogP contribution in [0.25, 0.3) is 0 Å². The fourth-order valence-corrected chi connectivity index (χ4v) is 8.22. The van der Waals surface area contributed by atoms with E-state index in [9.17, 15) is 22.8 Å². The first kappa shape index (κ1) is 32.9. The molecule has 8 nitrogen and oxygen atoms in total. The molecule has 3 saturated heterocycles. The summed E-state index contributed by atoms with van der Waals surface area (Å²) < 4.78 is 45.9. The lowest BCUT2D eigenvalue weighted by molar-refractivity contribution is -0.145. The van der Waals surface area contributed by atoms with Gasteiger partial charge >= 0.3 is 12.3 Å². The van der Waals surface area contributed by atoms with Gasteiger partial charge < -0.3 is 14.5 Å². The molecule has 4 fully saturated rings. The molecule has 2 amide bonds. The molecule has 1 unspecified atom stereocenters. The Balaban J connectivity index is 1.20. The van der Waals surface area contributed by atoms with Crippen molar-refractivity contribution in [2.45, 2.75) is 122 Å². The Morgan fingerprint density at radius 2 is 1.59 bits per heavy atom. The molecule has 4 heterocycles. The van der Waals surface area contributed by atoms with Gasteiger partial charge in [0.25, 0.3) is 5.91 Å². The SMILES string of the molecule is CCCCC1CN(CC2CCCCC2)C(=O)OC12CCN(C1(C)CCN(C(=O)c3c(C)nc(C(F)(F)F)nc3C)CC1)CC2. The Bertz CT molecular complexity index is 1160. The molecule has 0 aromatic carbocycles. The van der Waals surface area contributed by atoms with Crippen LogP contribution in [0.5, 0.6) is 0 Å². The van der Waals surface area contributed by atoms with Crippen LogP contribution >= 0.6 is 0 Å². The van der Waals surface area contributed by atoms with Crippen LogP contribution < -0.4 is 0 Å². The van der Waals surface area contributed by atoms with Crippen LogP contribution in [0.3, 0.4) is 0 Å². The number of likely N-dealkylation sites (tertiary alicyclic amines) is 2. The van der Waals surface area contributed by atoms with E-state index >= 15 is 0 Å². The van der Waals surface area contributed by atoms with Crippen LogP contribution in [-0.2, 0) is 10.9 Å². The molecule has 0 N–H and O–H groups in total. The highest BCUT2D eigenvalue weighted by atomic mass is 19.4. The summed E-state index contributed by atoms with van der Waals surface area (Å²) in [5.41, 5.74) is -0.237. The average molecular weight is 622 g/mol. The lowest BCUT2D eigenvalue weighted by atomic mass is 9.74. The third-order valence-electron chi connectivity index (χ3n) is 11.1. The van der Waals surface area contributed by atoms with E-state index in [1.807, 2.05) is 4.90 Å². The van der Waals surface area contributed by atoms with Crippen molar-refractivity contribution in [3.05, 3.63) is 22.8 Å². The van der Waals surface area contributed by atoms with Crippen LogP contribution in [0, 0.1) is 25.7 Å². The first-order chi connectivity index (χ1) is 20.8. The van der Waals surface area contributed by atoms with Crippen molar-refractivity contribution in [3.8, 4) is 0 Å². The third-order valence-corrected chi connectivity index (χ3v) is 11.1. The van der Waals surface area contributed by atoms with Crippen molar-refractivity contribution in [3.63, 3.8) is 0 Å². The summed E-state index contributed by atoms with van der Waals surface area (Å²) in [5, 5.41) is 0. The maximum Gasteiger partial charge on any atom is 0.451 e. The maximum absolute atomic E-state index is 13.4. The first-order valence-electron chi connectivity index (χ1n) is 16.8. The second-order valence-corrected chi connectivity index (χ2v) is 14.0. The van der Waals surface area contributed by atoms with E-state index < -0.39 is 17.6 Å². The topological polar surface area (TPSA) is 78.9 Å². The largest absolute Gasteiger partial charge is 0.451 e. The number of hydrogen-bond donors (Lipinski definition) is 0. The third kappa shape index (κ3) is 6.87. The molecule has 0 radical (unpaired) electrons. The summed E-state index contributed by atoms with van der Waals surface area (Å²) in [6, 6.07) is 0. The standard InChI is InChI=1S/C33H50F3N5O3/c1-5-6-12-26-22-40(21-25-10-8-7-9-11-25)30(43)44-32(26)15-19-41(20-16-32)31(4)13-17-39(18-14-31)28(42)27-23(2)37-29(33(34,35)36)38-24(27)3/h25-26H,5-22H2,1-4H3. The minimum absolute atomic E-state index is 0.0569. The number of amides is 2. The quantitative estimate of drug-likeness (QED) is 0.334. The number of unbranched alkanes of at least 4 members (excludes halogenated alkanes) is 1. The molecule has 0 bridgehead atoms. The van der Waals surface area contributed by atoms with Gasteiger partial charge in [-0.1, -0.05) is 39.0 Å². The average Bonchev–Trinajstić information content (AvgIpc) is 2.98. The van der Waals surface area contributed by atoms with Gasteiger partial charge in [-0.2, -0.15) is 13.2 Å². The Kier molecular flexibility index (Phi) is 9.83. The van der Waals surface area contributed by atoms with E-state index in [1.54, 1.807) is 4.90 Å². The van der Waals surface area contributed by atoms with E-state index in [1.165, 1.54) is 46.0 Å². The molecule has 5 rings (SSSR count). The summed E-state index contributed by atoms with van der Waals surface area (Å²) >= 11 is 0. The van der Waals surface area contributed by atoms with E-state index in [0.717, 1.165) is 71.1 Å². The summed E-state index contributed by atoms with van der Waals surface area (Å²) in [4.78, 5) is 40.2. The Morgan fingerprint density at radius 1 is 0.977 bits per heavy atom. The summed E-state index contributed by atoms with van der Waals surface area (Å²) in [6.45, 7) is 11.7. The molecule has 1 atom stereocenters. The van der Waals surface area contributed by atoms with Gasteiger partial charge in [-0.05, 0) is 58.8 Å². The number of carbonyl (C=O) groups is 2. The number of rotatable bonds is 7. The van der Waals surface area contributed by atoms with Crippen molar-refractivity contribution < 1.29 is 27.5 Å². The number of aryl methyl sites for hydroxylation is 2. The van der Waals surface area contributed by atoms with E-state index in [4.69, 9.17) is 4.74 Å². The fourth-order valence-electron chi connectivity index (χ4n) is 8.22. The Morgan fingerprint density at radius 3 is 2.16 bits per heavy atom. The maximum atomic E-state index is 13.4. The number of halogens is 3. The second-order valence-electron chi connectivity index (χ2n) is 14.0. The highest BCUT2D eigenvalue weighted by molar-refractivity contribution is 5.96. The number of ether oxygens (including phenoxy) is 1. The normalized spacial score (nSPS) is 24.9. The van der Waals surface area contributed by atoms with Gasteiger partial charge in [-0.25, -0.2) is 14.8 Å². The highest BCUT2D eigenvalue weighted by Gasteiger charge is 2.52. The first-order valence-corrected chi connectivity index (χ1v) is 16.8. The van der Waals surface area contributed by atoms with E-state index in [0.29, 0.717) is 24.9 Å². The number of carbonyl (C=O) groups excluding carboxylic acids is 2. The molecule has 1 aromatic heterocycles. The molecule has 1 saturated carbocycles. The lowest BCUT2D eigenvalue weighted by Gasteiger charge is -2.55. The minimum Gasteiger partial charge on any atom is -0.442 e. The molecular formula is C33H50F3N5O3. The highest BCUT2D eigenvalue weighted by Crippen LogP contribution is 2.44. The van der Waals surface area contributed by atoms with Crippen molar-refractivity contribution in [1.82, 2.24) is 24.7 Å². The van der Waals surface area contributed by atoms with Gasteiger partial charge in [0.2, 0.25) is 5.82 Å². The van der Waals surface area contributed by atoms with Crippen LogP contribution in [-0.4, -0.2) is 87.1 Å². The number of nitrogens with zero attached hydrogens (tertiary/aromatic N) is 5. The molecule has 246 valence electrons. The predicted molar refractivity (Wildman–Crippen MR) is 161 cm³/mol. The van der Waals surface area contributed by atoms with Crippen LogP contribution in [0.15, 0.2) is 0 Å².